The zero-order chi connectivity index (χ0) is 14.1. The molecule has 1 rings (SSSR count). The van der Waals surface area contributed by atoms with Gasteiger partial charge >= 0.3 is 5.97 Å². The van der Waals surface area contributed by atoms with Gasteiger partial charge in [-0.1, -0.05) is 18.2 Å². The van der Waals surface area contributed by atoms with Gasteiger partial charge in [-0.25, -0.2) is 4.79 Å². The fraction of sp³-hybridized carbons (Fsp3) is 0.385. The van der Waals surface area contributed by atoms with Crippen molar-refractivity contribution in [2.45, 2.75) is 18.9 Å². The number of carbonyl (C=O) groups excluding carboxylic acids is 1. The zero-order valence-corrected chi connectivity index (χ0v) is 10.4. The first-order chi connectivity index (χ1) is 9.09. The molecule has 1 atom stereocenters. The fourth-order valence-electron chi connectivity index (χ4n) is 1.34. The van der Waals surface area contributed by atoms with Crippen molar-refractivity contribution in [1.29, 1.82) is 0 Å². The van der Waals surface area contributed by atoms with E-state index >= 15 is 0 Å². The minimum atomic E-state index is -1.44. The van der Waals surface area contributed by atoms with Crippen molar-refractivity contribution in [2.24, 2.45) is 0 Å². The highest BCUT2D eigenvalue weighted by atomic mass is 16.5. The Bertz CT molecular complexity index is 407. The van der Waals surface area contributed by atoms with E-state index in [0.717, 1.165) is 0 Å². The molecule has 0 aliphatic heterocycles. The first-order valence-corrected chi connectivity index (χ1v) is 5.95. The smallest absolute Gasteiger partial charge is 0.332 e. The monoisotopic (exact) mass is 267 g/mol. The molecule has 0 aliphatic rings. The predicted molar refractivity (Wildman–Crippen MR) is 67.8 cm³/mol. The Hall–Kier alpha value is -2.08. The zero-order valence-electron chi connectivity index (χ0n) is 10.4. The number of aliphatic carboxylic acids is 1. The van der Waals surface area contributed by atoms with Gasteiger partial charge in [-0.2, -0.15) is 0 Å². The molecule has 6 heteroatoms. The van der Waals surface area contributed by atoms with Crippen LogP contribution in [0.25, 0.3) is 0 Å². The Morgan fingerprint density at radius 3 is 2.58 bits per heavy atom. The second-order valence-corrected chi connectivity index (χ2v) is 3.90. The molecule has 0 fully saturated rings. The Morgan fingerprint density at radius 1 is 1.26 bits per heavy atom. The lowest BCUT2D eigenvalue weighted by molar-refractivity contribution is -0.147. The minimum absolute atomic E-state index is 0.0133. The van der Waals surface area contributed by atoms with Gasteiger partial charge in [0, 0.05) is 13.0 Å². The summed E-state index contributed by atoms with van der Waals surface area (Å²) in [5.41, 5.74) is 0. The van der Waals surface area contributed by atoms with Gasteiger partial charge in [0.25, 0.3) is 0 Å². The summed E-state index contributed by atoms with van der Waals surface area (Å²) in [6.45, 7) is 0.370. The van der Waals surface area contributed by atoms with Crippen molar-refractivity contribution in [3.8, 4) is 5.75 Å². The van der Waals surface area contributed by atoms with Crippen LogP contribution in [0.2, 0.25) is 0 Å². The molecule has 1 amide bonds. The molecule has 3 N–H and O–H groups in total. The number of amides is 1. The van der Waals surface area contributed by atoms with Gasteiger partial charge in [0.2, 0.25) is 5.91 Å². The summed E-state index contributed by atoms with van der Waals surface area (Å²) in [7, 11) is 0. The molecule has 1 aromatic rings. The summed E-state index contributed by atoms with van der Waals surface area (Å²) in [5.74, 6) is -0.841. The molecule has 0 aromatic heterocycles. The third-order valence-corrected chi connectivity index (χ3v) is 2.37. The Labute approximate surface area is 111 Å². The van der Waals surface area contributed by atoms with E-state index in [1.54, 1.807) is 12.1 Å². The van der Waals surface area contributed by atoms with E-state index in [1.165, 1.54) is 0 Å². The maximum atomic E-state index is 11.4. The first kappa shape index (κ1) is 15.0. The third kappa shape index (κ3) is 6.42. The van der Waals surface area contributed by atoms with E-state index in [2.05, 4.69) is 5.32 Å². The molecule has 0 saturated heterocycles. The van der Waals surface area contributed by atoms with Crippen LogP contribution in [0.5, 0.6) is 5.75 Å². The molecular weight excluding hydrogens is 250 g/mol. The number of hydrogen-bond acceptors (Lipinski definition) is 4. The number of ether oxygens (including phenoxy) is 1. The number of rotatable bonds is 8. The van der Waals surface area contributed by atoms with Crippen LogP contribution in [-0.4, -0.2) is 41.3 Å². The second-order valence-electron chi connectivity index (χ2n) is 3.90. The SMILES string of the molecule is O=C(CCOc1ccccc1)NCCC(O)C(=O)O. The van der Waals surface area contributed by atoms with Gasteiger partial charge in [0.05, 0.1) is 13.0 Å². The number of hydrogen-bond donors (Lipinski definition) is 3. The lowest BCUT2D eigenvalue weighted by Gasteiger charge is -2.08. The van der Waals surface area contributed by atoms with Crippen LogP contribution < -0.4 is 10.1 Å². The molecule has 6 nitrogen and oxygen atoms in total. The van der Waals surface area contributed by atoms with E-state index < -0.39 is 12.1 Å². The quantitative estimate of drug-likeness (QED) is 0.634. The highest BCUT2D eigenvalue weighted by Crippen LogP contribution is 2.08. The molecule has 0 bridgehead atoms. The predicted octanol–water partition coefficient (Wildman–Crippen LogP) is 0.407. The maximum absolute atomic E-state index is 11.4. The average Bonchev–Trinajstić information content (AvgIpc) is 2.39. The van der Waals surface area contributed by atoms with Crippen LogP contribution in [0, 0.1) is 0 Å². The van der Waals surface area contributed by atoms with E-state index in [4.69, 9.17) is 14.9 Å². The lowest BCUT2D eigenvalue weighted by Crippen LogP contribution is -2.30. The van der Waals surface area contributed by atoms with Crippen LogP contribution >= 0.6 is 0 Å². The van der Waals surface area contributed by atoms with Crippen molar-refractivity contribution in [3.05, 3.63) is 30.3 Å². The number of aliphatic hydroxyl groups excluding tert-OH is 1. The molecule has 0 heterocycles. The number of nitrogens with one attached hydrogen (secondary N) is 1. The van der Waals surface area contributed by atoms with E-state index in [1.807, 2.05) is 18.2 Å². The average molecular weight is 267 g/mol. The summed E-state index contributed by atoms with van der Waals surface area (Å²) in [6, 6.07) is 9.13. The van der Waals surface area contributed by atoms with Gasteiger partial charge in [-0.05, 0) is 12.1 Å². The highest BCUT2D eigenvalue weighted by Gasteiger charge is 2.12. The lowest BCUT2D eigenvalue weighted by atomic mass is 10.2. The largest absolute Gasteiger partial charge is 0.493 e. The van der Waals surface area contributed by atoms with Crippen LogP contribution in [0.15, 0.2) is 30.3 Å². The molecule has 19 heavy (non-hydrogen) atoms. The van der Waals surface area contributed by atoms with Crippen molar-refractivity contribution in [3.63, 3.8) is 0 Å². The molecule has 104 valence electrons. The van der Waals surface area contributed by atoms with Crippen LogP contribution in [0.4, 0.5) is 0 Å². The number of carboxylic acid groups (broad SMARTS) is 1. The molecule has 1 aromatic carbocycles. The van der Waals surface area contributed by atoms with E-state index in [9.17, 15) is 9.59 Å². The Kier molecular flexibility index (Phi) is 6.38. The van der Waals surface area contributed by atoms with Crippen LogP contribution in [0.3, 0.4) is 0 Å². The Morgan fingerprint density at radius 2 is 1.95 bits per heavy atom. The topological polar surface area (TPSA) is 95.9 Å². The van der Waals surface area contributed by atoms with Gasteiger partial charge in [0.15, 0.2) is 6.10 Å². The third-order valence-electron chi connectivity index (χ3n) is 2.37. The van der Waals surface area contributed by atoms with Gasteiger partial charge in [0.1, 0.15) is 5.75 Å². The summed E-state index contributed by atoms with van der Waals surface area (Å²) >= 11 is 0. The summed E-state index contributed by atoms with van der Waals surface area (Å²) < 4.78 is 5.34. The summed E-state index contributed by atoms with van der Waals surface area (Å²) in [6.07, 6.45) is -1.28. The number of aliphatic hydroxyl groups is 1. The second kappa shape index (κ2) is 8.10. The number of carboxylic acids is 1. The van der Waals surface area contributed by atoms with Crippen LogP contribution in [0.1, 0.15) is 12.8 Å². The molecule has 0 aliphatic carbocycles. The standard InChI is InChI=1S/C13H17NO5/c15-11(13(17)18)6-8-14-12(16)7-9-19-10-4-2-1-3-5-10/h1-5,11,15H,6-9H2,(H,14,16)(H,17,18). The van der Waals surface area contributed by atoms with Crippen molar-refractivity contribution in [2.75, 3.05) is 13.2 Å². The normalized spacial score (nSPS) is 11.6. The number of para-hydroxylation sites is 1. The van der Waals surface area contributed by atoms with Gasteiger partial charge < -0.3 is 20.3 Å². The number of carbonyl (C=O) groups is 2. The Balaban J connectivity index is 2.10. The fourth-order valence-corrected chi connectivity index (χ4v) is 1.34. The first-order valence-electron chi connectivity index (χ1n) is 5.95. The molecule has 1 unspecified atom stereocenters. The summed E-state index contributed by atoms with van der Waals surface area (Å²) in [4.78, 5) is 21.7. The maximum Gasteiger partial charge on any atom is 0.332 e. The highest BCUT2D eigenvalue weighted by molar-refractivity contribution is 5.76. The summed E-state index contributed by atoms with van der Waals surface area (Å²) in [5, 5.41) is 19.9. The van der Waals surface area contributed by atoms with E-state index in [0.29, 0.717) is 5.75 Å². The number of benzene rings is 1. The van der Waals surface area contributed by atoms with Crippen molar-refractivity contribution < 1.29 is 24.5 Å². The molecule has 0 saturated carbocycles. The van der Waals surface area contributed by atoms with E-state index in [-0.39, 0.29) is 31.9 Å². The minimum Gasteiger partial charge on any atom is -0.493 e. The molecule has 0 radical (unpaired) electrons. The van der Waals surface area contributed by atoms with Crippen LogP contribution in [-0.2, 0) is 9.59 Å². The van der Waals surface area contributed by atoms with Crippen molar-refractivity contribution in [1.82, 2.24) is 5.32 Å². The van der Waals surface area contributed by atoms with Crippen molar-refractivity contribution >= 4 is 11.9 Å². The molecular formula is C13H17NO5. The molecule has 0 spiro atoms. The van der Waals surface area contributed by atoms with Gasteiger partial charge in [-0.3, -0.25) is 4.79 Å². The van der Waals surface area contributed by atoms with Gasteiger partial charge in [-0.15, -0.1) is 0 Å².